The van der Waals surface area contributed by atoms with Gasteiger partial charge in [0, 0.05) is 6.54 Å². The second-order valence-corrected chi connectivity index (χ2v) is 3.48. The van der Waals surface area contributed by atoms with Gasteiger partial charge in [-0.2, -0.15) is 0 Å². The highest BCUT2D eigenvalue weighted by atomic mass is 35.5. The molecule has 1 aromatic heterocycles. The largest absolute Gasteiger partial charge is 0.294 e. The molecular weight excluding hydrogens is 211 g/mol. The van der Waals surface area contributed by atoms with Crippen LogP contribution in [0.3, 0.4) is 0 Å². The summed E-state index contributed by atoms with van der Waals surface area (Å²) in [6.45, 7) is 5.90. The first-order valence-corrected chi connectivity index (χ1v) is 4.32. The summed E-state index contributed by atoms with van der Waals surface area (Å²) in [4.78, 5) is 15.1. The lowest BCUT2D eigenvalue weighted by molar-refractivity contribution is 0.727. The van der Waals surface area contributed by atoms with Crippen LogP contribution < -0.4 is 5.56 Å². The van der Waals surface area contributed by atoms with Crippen molar-refractivity contribution in [1.82, 2.24) is 9.55 Å². The molecule has 0 spiro atoms. The molecule has 0 atom stereocenters. The Labute approximate surface area is 85.6 Å². The summed E-state index contributed by atoms with van der Waals surface area (Å²) in [5, 5.41) is -0.0185. The van der Waals surface area contributed by atoms with Gasteiger partial charge in [-0.1, -0.05) is 35.4 Å². The van der Waals surface area contributed by atoms with Gasteiger partial charge in [-0.3, -0.25) is 9.36 Å². The Morgan fingerprint density at radius 2 is 2.31 bits per heavy atom. The molecule has 0 fully saturated rings. The molecule has 0 radical (unpaired) electrons. The van der Waals surface area contributed by atoms with Gasteiger partial charge in [-0.15, -0.1) is 0 Å². The second kappa shape index (κ2) is 3.94. The van der Waals surface area contributed by atoms with Crippen molar-refractivity contribution in [3.05, 3.63) is 39.0 Å². The van der Waals surface area contributed by atoms with Crippen molar-refractivity contribution in [2.75, 3.05) is 0 Å². The van der Waals surface area contributed by atoms with Crippen molar-refractivity contribution in [2.45, 2.75) is 13.5 Å². The average molecular weight is 219 g/mol. The molecule has 1 aromatic rings. The molecule has 0 aliphatic heterocycles. The number of allylic oxidation sites excluding steroid dienone is 1. The first-order valence-electron chi connectivity index (χ1n) is 3.57. The van der Waals surface area contributed by atoms with E-state index in [0.29, 0.717) is 6.54 Å². The first-order chi connectivity index (χ1) is 6.02. The Morgan fingerprint density at radius 3 is 2.85 bits per heavy atom. The quantitative estimate of drug-likeness (QED) is 0.564. The number of nitrogens with zero attached hydrogens (tertiary/aromatic N) is 2. The standard InChI is InChI=1S/C8H8Cl2N2O/c1-5(2)3-12-4-11-7(10)6(9)8(12)13/h4H,1,3H2,2H3. The molecule has 5 heteroatoms. The summed E-state index contributed by atoms with van der Waals surface area (Å²) in [5.41, 5.74) is 0.506. The normalized spacial score (nSPS) is 10.1. The van der Waals surface area contributed by atoms with E-state index in [1.807, 2.05) is 6.92 Å². The summed E-state index contributed by atoms with van der Waals surface area (Å²) in [7, 11) is 0. The number of rotatable bonds is 2. The Kier molecular flexibility index (Phi) is 3.12. The number of halogens is 2. The molecule has 0 amide bonds. The molecule has 70 valence electrons. The zero-order chi connectivity index (χ0) is 10.0. The van der Waals surface area contributed by atoms with Gasteiger partial charge in [-0.25, -0.2) is 4.98 Å². The van der Waals surface area contributed by atoms with Crippen LogP contribution in [0.4, 0.5) is 0 Å². The third kappa shape index (κ3) is 2.32. The SMILES string of the molecule is C=C(C)Cn1cnc(Cl)c(Cl)c1=O. The fourth-order valence-electron chi connectivity index (χ4n) is 0.847. The highest BCUT2D eigenvalue weighted by Gasteiger charge is 2.06. The summed E-state index contributed by atoms with van der Waals surface area (Å²) < 4.78 is 1.36. The summed E-state index contributed by atoms with van der Waals surface area (Å²) in [6, 6.07) is 0. The Balaban J connectivity index is 3.19. The Bertz CT molecular complexity index is 398. The van der Waals surface area contributed by atoms with E-state index < -0.39 is 0 Å². The van der Waals surface area contributed by atoms with Crippen LogP contribution in [0, 0.1) is 0 Å². The van der Waals surface area contributed by atoms with Crippen LogP contribution in [0.15, 0.2) is 23.3 Å². The molecule has 0 saturated carbocycles. The molecule has 0 saturated heterocycles. The molecular formula is C8H8Cl2N2O. The summed E-state index contributed by atoms with van der Waals surface area (Å²) in [5.74, 6) is 0. The van der Waals surface area contributed by atoms with E-state index >= 15 is 0 Å². The molecule has 13 heavy (non-hydrogen) atoms. The lowest BCUT2D eigenvalue weighted by atomic mass is 10.3. The van der Waals surface area contributed by atoms with E-state index in [-0.39, 0.29) is 15.7 Å². The topological polar surface area (TPSA) is 34.9 Å². The third-order valence-electron chi connectivity index (χ3n) is 1.38. The van der Waals surface area contributed by atoms with E-state index in [2.05, 4.69) is 11.6 Å². The highest BCUT2D eigenvalue weighted by Crippen LogP contribution is 2.12. The second-order valence-electron chi connectivity index (χ2n) is 2.74. The first kappa shape index (κ1) is 10.3. The van der Waals surface area contributed by atoms with Gasteiger partial charge >= 0.3 is 0 Å². The molecule has 0 aliphatic rings. The summed E-state index contributed by atoms with van der Waals surface area (Å²) >= 11 is 11.2. The van der Waals surface area contributed by atoms with Gasteiger partial charge in [0.05, 0.1) is 6.33 Å². The van der Waals surface area contributed by atoms with E-state index in [1.54, 1.807) is 0 Å². The van der Waals surface area contributed by atoms with Crippen LogP contribution in [-0.2, 0) is 6.54 Å². The molecule has 1 rings (SSSR count). The maximum absolute atomic E-state index is 11.4. The van der Waals surface area contributed by atoms with E-state index in [1.165, 1.54) is 10.9 Å². The molecule has 0 aliphatic carbocycles. The van der Waals surface area contributed by atoms with Crippen molar-refractivity contribution in [3.63, 3.8) is 0 Å². The Hall–Kier alpha value is -0.800. The number of aromatic nitrogens is 2. The maximum atomic E-state index is 11.4. The van der Waals surface area contributed by atoms with Gasteiger partial charge in [0.25, 0.3) is 5.56 Å². The minimum absolute atomic E-state index is 0.0321. The summed E-state index contributed by atoms with van der Waals surface area (Å²) in [6.07, 6.45) is 1.35. The lowest BCUT2D eigenvalue weighted by Crippen LogP contribution is -2.21. The van der Waals surface area contributed by atoms with Crippen molar-refractivity contribution in [3.8, 4) is 0 Å². The van der Waals surface area contributed by atoms with E-state index in [0.717, 1.165) is 5.57 Å². The van der Waals surface area contributed by atoms with E-state index in [4.69, 9.17) is 23.2 Å². The maximum Gasteiger partial charge on any atom is 0.273 e. The molecule has 0 unspecified atom stereocenters. The fourth-order valence-corrected chi connectivity index (χ4v) is 1.13. The zero-order valence-electron chi connectivity index (χ0n) is 7.05. The van der Waals surface area contributed by atoms with Gasteiger partial charge < -0.3 is 0 Å². The monoisotopic (exact) mass is 218 g/mol. The zero-order valence-corrected chi connectivity index (χ0v) is 8.56. The predicted molar refractivity (Wildman–Crippen MR) is 53.3 cm³/mol. The predicted octanol–water partition coefficient (Wildman–Crippen LogP) is 2.13. The van der Waals surface area contributed by atoms with Crippen LogP contribution in [0.1, 0.15) is 6.92 Å². The van der Waals surface area contributed by atoms with Crippen molar-refractivity contribution in [1.29, 1.82) is 0 Å². The number of hydrogen-bond acceptors (Lipinski definition) is 2. The highest BCUT2D eigenvalue weighted by molar-refractivity contribution is 6.40. The van der Waals surface area contributed by atoms with Crippen LogP contribution in [0.2, 0.25) is 10.2 Å². The van der Waals surface area contributed by atoms with Gasteiger partial charge in [0.15, 0.2) is 5.15 Å². The van der Waals surface area contributed by atoms with Crippen molar-refractivity contribution < 1.29 is 0 Å². The van der Waals surface area contributed by atoms with Crippen LogP contribution in [-0.4, -0.2) is 9.55 Å². The molecule has 3 nitrogen and oxygen atoms in total. The van der Waals surface area contributed by atoms with E-state index in [9.17, 15) is 4.79 Å². The minimum Gasteiger partial charge on any atom is -0.294 e. The minimum atomic E-state index is -0.343. The van der Waals surface area contributed by atoms with Gasteiger partial charge in [-0.05, 0) is 6.92 Å². The van der Waals surface area contributed by atoms with Crippen molar-refractivity contribution >= 4 is 23.2 Å². The van der Waals surface area contributed by atoms with Crippen molar-refractivity contribution in [2.24, 2.45) is 0 Å². The molecule has 1 heterocycles. The Morgan fingerprint density at radius 1 is 1.69 bits per heavy atom. The fraction of sp³-hybridized carbons (Fsp3) is 0.250. The van der Waals surface area contributed by atoms with Gasteiger partial charge in [0.2, 0.25) is 0 Å². The molecule has 0 N–H and O–H groups in total. The lowest BCUT2D eigenvalue weighted by Gasteiger charge is -2.04. The molecule has 0 aromatic carbocycles. The average Bonchev–Trinajstić information content (AvgIpc) is 2.06. The van der Waals surface area contributed by atoms with Crippen LogP contribution >= 0.6 is 23.2 Å². The smallest absolute Gasteiger partial charge is 0.273 e. The van der Waals surface area contributed by atoms with Crippen LogP contribution in [0.5, 0.6) is 0 Å². The number of hydrogen-bond donors (Lipinski definition) is 0. The molecule has 0 bridgehead atoms. The van der Waals surface area contributed by atoms with Gasteiger partial charge in [0.1, 0.15) is 5.02 Å². The third-order valence-corrected chi connectivity index (χ3v) is 2.10. The van der Waals surface area contributed by atoms with Crippen LogP contribution in [0.25, 0.3) is 0 Å².